The number of aromatic nitrogens is 1. The minimum absolute atomic E-state index is 0.00606. The van der Waals surface area contributed by atoms with E-state index in [1.165, 1.54) is 17.1 Å². The third kappa shape index (κ3) is 3.47. The largest absolute Gasteiger partial charge is 0.457 e. The van der Waals surface area contributed by atoms with Gasteiger partial charge < -0.3 is 13.7 Å². The first-order chi connectivity index (χ1) is 10.7. The summed E-state index contributed by atoms with van der Waals surface area (Å²) < 4.78 is 12.5. The highest BCUT2D eigenvalue weighted by molar-refractivity contribution is 5.86. The molecule has 0 amide bonds. The van der Waals surface area contributed by atoms with Crippen LogP contribution in [0.25, 0.3) is 0 Å². The molecular weight excluding hydrogens is 282 g/mol. The summed E-state index contributed by atoms with van der Waals surface area (Å²) >= 11 is 0. The first kappa shape index (κ1) is 14.6. The van der Waals surface area contributed by atoms with Gasteiger partial charge in [0.15, 0.2) is 0 Å². The molecule has 0 bridgehead atoms. The minimum atomic E-state index is -0.418. The number of esters is 1. The molecule has 5 heteroatoms. The van der Waals surface area contributed by atoms with Gasteiger partial charge in [0.05, 0.1) is 6.54 Å². The Balaban J connectivity index is 1.64. The second-order valence-corrected chi connectivity index (χ2v) is 5.60. The van der Waals surface area contributed by atoms with Crippen LogP contribution in [0.1, 0.15) is 48.4 Å². The van der Waals surface area contributed by atoms with E-state index >= 15 is 0 Å². The number of furan rings is 1. The third-order valence-electron chi connectivity index (χ3n) is 3.91. The van der Waals surface area contributed by atoms with E-state index in [9.17, 15) is 9.59 Å². The molecule has 0 radical (unpaired) electrons. The molecule has 0 spiro atoms. The van der Waals surface area contributed by atoms with Crippen molar-refractivity contribution in [1.29, 1.82) is 0 Å². The highest BCUT2D eigenvalue weighted by Crippen LogP contribution is 2.22. The third-order valence-corrected chi connectivity index (χ3v) is 3.91. The van der Waals surface area contributed by atoms with Gasteiger partial charge in [0, 0.05) is 12.3 Å². The van der Waals surface area contributed by atoms with Gasteiger partial charge in [0.1, 0.15) is 11.9 Å². The van der Waals surface area contributed by atoms with Crippen LogP contribution < -0.4 is 5.56 Å². The topological polar surface area (TPSA) is 61.4 Å². The zero-order valence-corrected chi connectivity index (χ0v) is 12.4. The molecule has 22 heavy (non-hydrogen) atoms. The maximum absolute atomic E-state index is 12.1. The highest BCUT2D eigenvalue weighted by atomic mass is 16.6. The van der Waals surface area contributed by atoms with E-state index in [0.717, 1.165) is 25.7 Å². The Kier molecular flexibility index (Phi) is 4.42. The smallest absolute Gasteiger partial charge is 0.374 e. The fourth-order valence-electron chi connectivity index (χ4n) is 2.72. The maximum atomic E-state index is 12.1. The van der Waals surface area contributed by atoms with E-state index in [1.54, 1.807) is 30.5 Å². The van der Waals surface area contributed by atoms with Gasteiger partial charge in [-0.3, -0.25) is 4.79 Å². The highest BCUT2D eigenvalue weighted by Gasteiger charge is 2.20. The van der Waals surface area contributed by atoms with Crippen molar-refractivity contribution in [2.45, 2.75) is 44.8 Å². The molecule has 3 rings (SSSR count). The number of pyridine rings is 1. The fraction of sp³-hybridized carbons (Fsp3) is 0.412. The summed E-state index contributed by atoms with van der Waals surface area (Å²) in [5, 5.41) is 0. The molecule has 1 saturated carbocycles. The van der Waals surface area contributed by atoms with Crippen molar-refractivity contribution < 1.29 is 13.9 Å². The first-order valence-corrected chi connectivity index (χ1v) is 7.67. The van der Waals surface area contributed by atoms with Gasteiger partial charge in [-0.15, -0.1) is 0 Å². The molecule has 0 unspecified atom stereocenters. The zero-order valence-electron chi connectivity index (χ0n) is 12.4. The van der Waals surface area contributed by atoms with Gasteiger partial charge in [-0.2, -0.15) is 0 Å². The summed E-state index contributed by atoms with van der Waals surface area (Å²) in [5.41, 5.74) is -0.106. The Morgan fingerprint density at radius 3 is 2.77 bits per heavy atom. The molecule has 5 nitrogen and oxygen atoms in total. The van der Waals surface area contributed by atoms with Crippen molar-refractivity contribution in [3.63, 3.8) is 0 Å². The van der Waals surface area contributed by atoms with Crippen LogP contribution in [0.5, 0.6) is 0 Å². The normalized spacial score (nSPS) is 15.6. The van der Waals surface area contributed by atoms with Crippen LogP contribution in [0.15, 0.2) is 45.7 Å². The molecule has 2 aromatic rings. The van der Waals surface area contributed by atoms with Gasteiger partial charge >= 0.3 is 5.97 Å². The Hall–Kier alpha value is -2.30. The van der Waals surface area contributed by atoms with Crippen LogP contribution in [0.4, 0.5) is 0 Å². The monoisotopic (exact) mass is 301 g/mol. The number of ether oxygens (including phenoxy) is 1. The summed E-state index contributed by atoms with van der Waals surface area (Å²) in [5.74, 6) is 0.340. The van der Waals surface area contributed by atoms with E-state index in [-0.39, 0.29) is 17.4 Å². The molecule has 116 valence electrons. The number of carbonyl (C=O) groups excluding carboxylic acids is 1. The summed E-state index contributed by atoms with van der Waals surface area (Å²) in [4.78, 5) is 23.7. The number of hydrogen-bond donors (Lipinski definition) is 0. The lowest BCUT2D eigenvalue weighted by molar-refractivity contribution is 0.0175. The van der Waals surface area contributed by atoms with Crippen LogP contribution in [0.2, 0.25) is 0 Å². The standard InChI is InChI=1S/C17H19NO4/c19-16-8-4-5-11-18(16)12-14-9-10-15(21-14)17(20)22-13-6-2-1-3-7-13/h4-5,8-11,13H,1-3,6-7,12H2. The Morgan fingerprint density at radius 2 is 2.00 bits per heavy atom. The van der Waals surface area contributed by atoms with Gasteiger partial charge in [0.25, 0.3) is 5.56 Å². The second-order valence-electron chi connectivity index (χ2n) is 5.60. The van der Waals surface area contributed by atoms with Gasteiger partial charge in [0.2, 0.25) is 5.76 Å². The molecular formula is C17H19NO4. The molecule has 0 aliphatic heterocycles. The van der Waals surface area contributed by atoms with Crippen LogP contribution >= 0.6 is 0 Å². The lowest BCUT2D eigenvalue weighted by Crippen LogP contribution is -2.20. The van der Waals surface area contributed by atoms with Crippen molar-refractivity contribution in [3.8, 4) is 0 Å². The molecule has 0 saturated heterocycles. The molecule has 1 aliphatic rings. The quantitative estimate of drug-likeness (QED) is 0.815. The maximum Gasteiger partial charge on any atom is 0.374 e. The summed E-state index contributed by atoms with van der Waals surface area (Å²) in [7, 11) is 0. The SMILES string of the molecule is O=C(OC1CCCCC1)c1ccc(Cn2ccccc2=O)o1. The molecule has 1 fully saturated rings. The average molecular weight is 301 g/mol. The molecule has 0 atom stereocenters. The van der Waals surface area contributed by atoms with Crippen LogP contribution in [0.3, 0.4) is 0 Å². The van der Waals surface area contributed by atoms with Crippen molar-refractivity contribution in [2.24, 2.45) is 0 Å². The van der Waals surface area contributed by atoms with E-state index in [0.29, 0.717) is 12.3 Å². The van der Waals surface area contributed by atoms with E-state index in [2.05, 4.69) is 0 Å². The molecule has 1 aliphatic carbocycles. The molecule has 2 aromatic heterocycles. The summed E-state index contributed by atoms with van der Waals surface area (Å²) in [6.45, 7) is 0.302. The zero-order chi connectivity index (χ0) is 15.4. The van der Waals surface area contributed by atoms with Crippen LogP contribution in [0, 0.1) is 0 Å². The van der Waals surface area contributed by atoms with Crippen molar-refractivity contribution in [2.75, 3.05) is 0 Å². The first-order valence-electron chi connectivity index (χ1n) is 7.67. The molecule has 2 heterocycles. The van der Waals surface area contributed by atoms with Gasteiger partial charge in [-0.1, -0.05) is 12.5 Å². The Morgan fingerprint density at radius 1 is 1.18 bits per heavy atom. The second kappa shape index (κ2) is 6.64. The minimum Gasteiger partial charge on any atom is -0.457 e. The number of hydrogen-bond acceptors (Lipinski definition) is 4. The predicted molar refractivity (Wildman–Crippen MR) is 80.8 cm³/mol. The average Bonchev–Trinajstić information content (AvgIpc) is 2.99. The molecule has 0 aromatic carbocycles. The van der Waals surface area contributed by atoms with Gasteiger partial charge in [-0.25, -0.2) is 4.79 Å². The molecule has 0 N–H and O–H groups in total. The van der Waals surface area contributed by atoms with Crippen LogP contribution in [-0.4, -0.2) is 16.6 Å². The van der Waals surface area contributed by atoms with E-state index in [4.69, 9.17) is 9.15 Å². The predicted octanol–water partition coefficient (Wildman–Crippen LogP) is 2.98. The number of carbonyl (C=O) groups is 1. The van der Waals surface area contributed by atoms with E-state index < -0.39 is 5.97 Å². The van der Waals surface area contributed by atoms with Crippen molar-refractivity contribution in [3.05, 3.63) is 58.4 Å². The fourth-order valence-corrected chi connectivity index (χ4v) is 2.72. The van der Waals surface area contributed by atoms with Crippen molar-refractivity contribution in [1.82, 2.24) is 4.57 Å². The Labute approximate surface area is 128 Å². The Bertz CT molecular complexity index is 694. The van der Waals surface area contributed by atoms with E-state index in [1.807, 2.05) is 0 Å². The lowest BCUT2D eigenvalue weighted by atomic mass is 9.98. The number of nitrogens with zero attached hydrogens (tertiary/aromatic N) is 1. The number of rotatable bonds is 4. The van der Waals surface area contributed by atoms with Crippen LogP contribution in [-0.2, 0) is 11.3 Å². The summed E-state index contributed by atoms with van der Waals surface area (Å²) in [6, 6.07) is 8.27. The van der Waals surface area contributed by atoms with Crippen molar-refractivity contribution >= 4 is 5.97 Å². The van der Waals surface area contributed by atoms with Gasteiger partial charge in [-0.05, 0) is 43.9 Å². The summed E-state index contributed by atoms with van der Waals surface area (Å²) in [6.07, 6.45) is 6.98. The lowest BCUT2D eigenvalue weighted by Gasteiger charge is -2.21.